The molecule has 3 amide bonds. The Morgan fingerprint density at radius 1 is 1.28 bits per heavy atom. The zero-order valence-corrected chi connectivity index (χ0v) is 17.3. The number of hydrogen-bond donors (Lipinski definition) is 1. The minimum absolute atomic E-state index is 0.177. The zero-order valence-electron chi connectivity index (χ0n) is 16.5. The monoisotopic (exact) mass is 415 g/mol. The first-order valence-corrected chi connectivity index (χ1v) is 11.4. The number of imide groups is 1. The number of likely N-dealkylation sites (tertiary alicyclic amines) is 1. The quantitative estimate of drug-likeness (QED) is 0.695. The van der Waals surface area contributed by atoms with Crippen molar-refractivity contribution >= 4 is 35.1 Å². The maximum atomic E-state index is 12.8. The predicted molar refractivity (Wildman–Crippen MR) is 109 cm³/mol. The maximum Gasteiger partial charge on any atom is 0.240 e. The lowest BCUT2D eigenvalue weighted by molar-refractivity contribution is -0.145. The molecule has 154 valence electrons. The van der Waals surface area contributed by atoms with Gasteiger partial charge in [-0.25, -0.2) is 0 Å². The molecule has 4 rings (SSSR count). The zero-order chi connectivity index (χ0) is 20.4. The van der Waals surface area contributed by atoms with E-state index in [1.807, 2.05) is 35.1 Å². The van der Waals surface area contributed by atoms with Gasteiger partial charge in [0.05, 0.1) is 11.5 Å². The lowest BCUT2D eigenvalue weighted by Crippen LogP contribution is -2.43. The highest BCUT2D eigenvalue weighted by Crippen LogP contribution is 2.46. The largest absolute Gasteiger partial charge is 0.344 e. The van der Waals surface area contributed by atoms with E-state index in [1.54, 1.807) is 11.8 Å². The van der Waals surface area contributed by atoms with Crippen molar-refractivity contribution in [1.82, 2.24) is 24.8 Å². The summed E-state index contributed by atoms with van der Waals surface area (Å²) in [6.45, 7) is -0.230. The number of amides is 3. The Hall–Kier alpha value is -2.42. The molecule has 8 nitrogen and oxygen atoms in total. The first kappa shape index (κ1) is 19.9. The smallest absolute Gasteiger partial charge is 0.240 e. The summed E-state index contributed by atoms with van der Waals surface area (Å²) in [6, 6.07) is 5.27. The maximum absolute atomic E-state index is 12.8. The molecule has 29 heavy (non-hydrogen) atoms. The van der Waals surface area contributed by atoms with Crippen LogP contribution in [0.1, 0.15) is 50.4 Å². The molecule has 1 N–H and O–H groups in total. The highest BCUT2D eigenvalue weighted by Gasteiger charge is 2.52. The Morgan fingerprint density at radius 3 is 2.83 bits per heavy atom. The Labute approximate surface area is 173 Å². The van der Waals surface area contributed by atoms with Crippen molar-refractivity contribution in [2.45, 2.75) is 44.6 Å². The van der Waals surface area contributed by atoms with Crippen LogP contribution >= 0.6 is 11.8 Å². The fourth-order valence-corrected chi connectivity index (χ4v) is 4.92. The van der Waals surface area contributed by atoms with Gasteiger partial charge in [0.2, 0.25) is 17.7 Å². The molecular formula is C20H25N5O3S. The van der Waals surface area contributed by atoms with Crippen molar-refractivity contribution in [1.29, 1.82) is 0 Å². The van der Waals surface area contributed by atoms with Crippen molar-refractivity contribution in [3.63, 3.8) is 0 Å². The predicted octanol–water partition coefficient (Wildman–Crippen LogP) is 1.96. The van der Waals surface area contributed by atoms with E-state index in [0.29, 0.717) is 17.9 Å². The third-order valence-corrected chi connectivity index (χ3v) is 6.59. The van der Waals surface area contributed by atoms with E-state index in [1.165, 1.54) is 0 Å². The molecule has 2 aromatic heterocycles. The van der Waals surface area contributed by atoms with Gasteiger partial charge in [0.25, 0.3) is 0 Å². The number of pyridine rings is 1. The van der Waals surface area contributed by atoms with E-state index in [2.05, 4.69) is 15.5 Å². The number of thioether (sulfide) groups is 1. The van der Waals surface area contributed by atoms with Gasteiger partial charge in [-0.15, -0.1) is 10.2 Å². The standard InChI is InChI=1S/C20H25N5O3S/c1-29-11-7-14(18-23-22-15-6-2-5-10-24(15)18)21-16(26)13-25-17(27)12-20(19(25)28)8-3-4-9-20/h2,5-6,10,14H,3-4,7-9,11-13H2,1H3,(H,21,26)/t14-/m1/s1. The van der Waals surface area contributed by atoms with Crippen molar-refractivity contribution in [3.05, 3.63) is 30.2 Å². The Bertz CT molecular complexity index is 937. The molecule has 1 spiro atoms. The molecule has 2 aromatic rings. The molecule has 0 unspecified atom stereocenters. The van der Waals surface area contributed by atoms with Crippen LogP contribution in [0.15, 0.2) is 24.4 Å². The molecule has 2 fully saturated rings. The van der Waals surface area contributed by atoms with Gasteiger partial charge in [-0.2, -0.15) is 11.8 Å². The molecule has 1 saturated carbocycles. The number of carbonyl (C=O) groups is 3. The van der Waals surface area contributed by atoms with Gasteiger partial charge in [0.15, 0.2) is 11.5 Å². The van der Waals surface area contributed by atoms with Gasteiger partial charge in [0.1, 0.15) is 6.54 Å². The Balaban J connectivity index is 1.48. The second kappa shape index (κ2) is 8.14. The van der Waals surface area contributed by atoms with E-state index >= 15 is 0 Å². The number of aromatic nitrogens is 3. The van der Waals surface area contributed by atoms with Crippen LogP contribution in [-0.2, 0) is 14.4 Å². The van der Waals surface area contributed by atoms with Crippen LogP contribution in [0.2, 0.25) is 0 Å². The first-order valence-electron chi connectivity index (χ1n) is 9.97. The molecule has 1 saturated heterocycles. The molecule has 0 radical (unpaired) electrons. The van der Waals surface area contributed by atoms with Gasteiger partial charge in [-0.3, -0.25) is 23.7 Å². The van der Waals surface area contributed by atoms with Gasteiger partial charge in [-0.1, -0.05) is 18.9 Å². The average molecular weight is 416 g/mol. The molecular weight excluding hydrogens is 390 g/mol. The summed E-state index contributed by atoms with van der Waals surface area (Å²) in [5, 5.41) is 11.4. The Morgan fingerprint density at radius 2 is 2.07 bits per heavy atom. The molecule has 2 aliphatic rings. The normalized spacial score (nSPS) is 19.4. The molecule has 0 aromatic carbocycles. The molecule has 1 aliphatic heterocycles. The lowest BCUT2D eigenvalue weighted by atomic mass is 9.84. The van der Waals surface area contributed by atoms with Crippen molar-refractivity contribution in [2.24, 2.45) is 5.41 Å². The van der Waals surface area contributed by atoms with Crippen LogP contribution in [-0.4, -0.2) is 55.8 Å². The Kier molecular flexibility index (Phi) is 5.58. The number of rotatable bonds is 7. The van der Waals surface area contributed by atoms with Crippen LogP contribution in [0.25, 0.3) is 5.65 Å². The van der Waals surface area contributed by atoms with E-state index < -0.39 is 5.41 Å². The van der Waals surface area contributed by atoms with Crippen molar-refractivity contribution in [2.75, 3.05) is 18.6 Å². The molecule has 9 heteroatoms. The average Bonchev–Trinajstić information content (AvgIpc) is 3.41. The third-order valence-electron chi connectivity index (χ3n) is 5.95. The van der Waals surface area contributed by atoms with Crippen molar-refractivity contribution in [3.8, 4) is 0 Å². The molecule has 3 heterocycles. The van der Waals surface area contributed by atoms with Gasteiger partial charge in [0, 0.05) is 12.6 Å². The highest BCUT2D eigenvalue weighted by atomic mass is 32.2. The second-order valence-corrected chi connectivity index (χ2v) is 8.82. The minimum Gasteiger partial charge on any atom is -0.344 e. The first-order chi connectivity index (χ1) is 14.0. The van der Waals surface area contributed by atoms with E-state index in [9.17, 15) is 14.4 Å². The molecule has 1 aliphatic carbocycles. The van der Waals surface area contributed by atoms with Crippen LogP contribution in [0, 0.1) is 5.41 Å². The van der Waals surface area contributed by atoms with Gasteiger partial charge >= 0.3 is 0 Å². The van der Waals surface area contributed by atoms with E-state index in [0.717, 1.165) is 36.3 Å². The summed E-state index contributed by atoms with van der Waals surface area (Å²) in [6.07, 6.45) is 8.21. The summed E-state index contributed by atoms with van der Waals surface area (Å²) in [7, 11) is 0. The van der Waals surface area contributed by atoms with Crippen LogP contribution in [0.4, 0.5) is 0 Å². The number of nitrogens with one attached hydrogen (secondary N) is 1. The minimum atomic E-state index is -0.557. The SMILES string of the molecule is CSCC[C@@H](NC(=O)CN1C(=O)CC2(CCCC2)C1=O)c1nnc2ccccn12. The highest BCUT2D eigenvalue weighted by molar-refractivity contribution is 7.98. The van der Waals surface area contributed by atoms with Crippen LogP contribution in [0.3, 0.4) is 0 Å². The van der Waals surface area contributed by atoms with E-state index in [-0.39, 0.29) is 36.7 Å². The summed E-state index contributed by atoms with van der Waals surface area (Å²) in [5.41, 5.74) is 0.151. The summed E-state index contributed by atoms with van der Waals surface area (Å²) in [5.74, 6) is 0.719. The number of hydrogen-bond acceptors (Lipinski definition) is 6. The van der Waals surface area contributed by atoms with E-state index in [4.69, 9.17) is 0 Å². The second-order valence-electron chi connectivity index (χ2n) is 7.84. The lowest BCUT2D eigenvalue weighted by Gasteiger charge is -2.22. The number of nitrogens with zero attached hydrogens (tertiary/aromatic N) is 4. The molecule has 0 bridgehead atoms. The summed E-state index contributed by atoms with van der Waals surface area (Å²) >= 11 is 1.68. The summed E-state index contributed by atoms with van der Waals surface area (Å²) < 4.78 is 1.85. The topological polar surface area (TPSA) is 96.7 Å². The van der Waals surface area contributed by atoms with Crippen LogP contribution in [0.5, 0.6) is 0 Å². The molecule has 1 atom stereocenters. The number of carbonyl (C=O) groups excluding carboxylic acids is 3. The van der Waals surface area contributed by atoms with Crippen molar-refractivity contribution < 1.29 is 14.4 Å². The third kappa shape index (κ3) is 3.75. The van der Waals surface area contributed by atoms with Gasteiger partial charge in [-0.05, 0) is 43.4 Å². The number of fused-ring (bicyclic) bond motifs is 1. The fourth-order valence-electron chi connectivity index (χ4n) is 4.45. The fraction of sp³-hybridized carbons (Fsp3) is 0.550. The summed E-state index contributed by atoms with van der Waals surface area (Å²) in [4.78, 5) is 39.2. The van der Waals surface area contributed by atoms with Gasteiger partial charge < -0.3 is 5.32 Å². The van der Waals surface area contributed by atoms with Crippen LogP contribution < -0.4 is 5.32 Å².